The summed E-state index contributed by atoms with van der Waals surface area (Å²) in [6, 6.07) is 16.4. The molecule has 0 aromatic heterocycles. The largest absolute Gasteiger partial charge is 0.492 e. The first-order chi connectivity index (χ1) is 11.2. The molecule has 0 spiro atoms. The van der Waals surface area contributed by atoms with Crippen molar-refractivity contribution >= 4 is 5.91 Å². The van der Waals surface area contributed by atoms with Gasteiger partial charge in [-0.1, -0.05) is 17.7 Å². The smallest absolute Gasteiger partial charge is 0.258 e. The molecule has 1 N–H and O–H groups in total. The van der Waals surface area contributed by atoms with Gasteiger partial charge in [0.15, 0.2) is 6.61 Å². The summed E-state index contributed by atoms with van der Waals surface area (Å²) in [6.45, 7) is 2.74. The fourth-order valence-electron chi connectivity index (χ4n) is 1.82. The fraction of sp³-hybridized carbons (Fsp3) is 0.222. The number of aryl methyl sites for hydroxylation is 1. The van der Waals surface area contributed by atoms with Gasteiger partial charge in [-0.25, -0.2) is 0 Å². The van der Waals surface area contributed by atoms with E-state index in [-0.39, 0.29) is 12.5 Å². The van der Waals surface area contributed by atoms with E-state index in [2.05, 4.69) is 5.32 Å². The SMILES string of the molecule is Cc1ccc(OCCNC(=O)COc2ccc(C#N)cc2)cc1. The molecule has 0 saturated heterocycles. The lowest BCUT2D eigenvalue weighted by Crippen LogP contribution is -2.32. The Bertz CT molecular complexity index is 673. The van der Waals surface area contributed by atoms with Gasteiger partial charge in [0, 0.05) is 0 Å². The molecule has 2 aromatic carbocycles. The Labute approximate surface area is 135 Å². The van der Waals surface area contributed by atoms with Crippen LogP contribution in [-0.2, 0) is 4.79 Å². The predicted octanol–water partition coefficient (Wildman–Crippen LogP) is 2.44. The average molecular weight is 310 g/mol. The topological polar surface area (TPSA) is 71.3 Å². The van der Waals surface area contributed by atoms with Crippen LogP contribution in [0.15, 0.2) is 48.5 Å². The first-order valence-electron chi connectivity index (χ1n) is 7.26. The van der Waals surface area contributed by atoms with Gasteiger partial charge < -0.3 is 14.8 Å². The number of carbonyl (C=O) groups excluding carboxylic acids is 1. The van der Waals surface area contributed by atoms with Gasteiger partial charge in [0.1, 0.15) is 18.1 Å². The molecule has 118 valence electrons. The molecule has 0 saturated carbocycles. The van der Waals surface area contributed by atoms with Crippen LogP contribution in [0.25, 0.3) is 0 Å². The Morgan fingerprint density at radius 1 is 1.04 bits per heavy atom. The summed E-state index contributed by atoms with van der Waals surface area (Å²) in [5.74, 6) is 1.11. The van der Waals surface area contributed by atoms with Crippen molar-refractivity contribution in [3.05, 3.63) is 59.7 Å². The van der Waals surface area contributed by atoms with Crippen LogP contribution in [0.5, 0.6) is 11.5 Å². The average Bonchev–Trinajstić information content (AvgIpc) is 2.59. The Hall–Kier alpha value is -3.00. The zero-order valence-corrected chi connectivity index (χ0v) is 12.9. The van der Waals surface area contributed by atoms with Gasteiger partial charge in [0.25, 0.3) is 5.91 Å². The molecule has 0 bridgehead atoms. The standard InChI is InChI=1S/C18H18N2O3/c1-14-2-6-16(7-3-14)22-11-10-20-18(21)13-23-17-8-4-15(12-19)5-9-17/h2-9H,10-11,13H2,1H3,(H,20,21). The third-order valence-electron chi connectivity index (χ3n) is 3.07. The number of nitrogens with one attached hydrogen (secondary N) is 1. The van der Waals surface area contributed by atoms with Gasteiger partial charge in [-0.05, 0) is 43.3 Å². The maximum Gasteiger partial charge on any atom is 0.258 e. The molecule has 0 aliphatic carbocycles. The van der Waals surface area contributed by atoms with E-state index in [4.69, 9.17) is 14.7 Å². The molecular formula is C18H18N2O3. The number of carbonyl (C=O) groups is 1. The highest BCUT2D eigenvalue weighted by molar-refractivity contribution is 5.77. The third kappa shape index (κ3) is 5.71. The Morgan fingerprint density at radius 2 is 1.65 bits per heavy atom. The van der Waals surface area contributed by atoms with Crippen LogP contribution < -0.4 is 14.8 Å². The molecule has 0 radical (unpaired) electrons. The molecule has 0 aliphatic rings. The highest BCUT2D eigenvalue weighted by Crippen LogP contribution is 2.11. The van der Waals surface area contributed by atoms with Crippen molar-refractivity contribution < 1.29 is 14.3 Å². The first-order valence-corrected chi connectivity index (χ1v) is 7.26. The van der Waals surface area contributed by atoms with Crippen LogP contribution in [-0.4, -0.2) is 25.7 Å². The van der Waals surface area contributed by atoms with Crippen molar-refractivity contribution in [3.63, 3.8) is 0 Å². The van der Waals surface area contributed by atoms with Crippen LogP contribution in [0.2, 0.25) is 0 Å². The molecule has 0 aliphatic heterocycles. The Balaban J connectivity index is 1.63. The molecular weight excluding hydrogens is 292 g/mol. The van der Waals surface area contributed by atoms with Gasteiger partial charge in [-0.3, -0.25) is 4.79 Å². The first kappa shape index (κ1) is 16.4. The monoisotopic (exact) mass is 310 g/mol. The van der Waals surface area contributed by atoms with Crippen molar-refractivity contribution in [2.75, 3.05) is 19.8 Å². The van der Waals surface area contributed by atoms with Crippen molar-refractivity contribution in [1.29, 1.82) is 5.26 Å². The molecule has 2 aromatic rings. The van der Waals surface area contributed by atoms with Crippen molar-refractivity contribution in [2.45, 2.75) is 6.92 Å². The lowest BCUT2D eigenvalue weighted by Gasteiger charge is -2.09. The van der Waals surface area contributed by atoms with Gasteiger partial charge >= 0.3 is 0 Å². The lowest BCUT2D eigenvalue weighted by molar-refractivity contribution is -0.123. The molecule has 2 rings (SSSR count). The number of hydrogen-bond acceptors (Lipinski definition) is 4. The number of rotatable bonds is 7. The van der Waals surface area contributed by atoms with Crippen molar-refractivity contribution in [1.82, 2.24) is 5.32 Å². The maximum atomic E-state index is 11.7. The van der Waals surface area contributed by atoms with E-state index >= 15 is 0 Å². The molecule has 5 heteroatoms. The van der Waals surface area contributed by atoms with E-state index in [1.54, 1.807) is 24.3 Å². The fourth-order valence-corrected chi connectivity index (χ4v) is 1.82. The molecule has 1 amide bonds. The zero-order chi connectivity index (χ0) is 16.5. The number of nitriles is 1. The molecule has 0 fully saturated rings. The highest BCUT2D eigenvalue weighted by Gasteiger charge is 2.02. The second-order valence-electron chi connectivity index (χ2n) is 4.94. The van der Waals surface area contributed by atoms with Crippen molar-refractivity contribution in [3.8, 4) is 17.6 Å². The van der Waals surface area contributed by atoms with E-state index in [9.17, 15) is 4.79 Å². The number of benzene rings is 2. The summed E-state index contributed by atoms with van der Waals surface area (Å²) in [7, 11) is 0. The number of nitrogens with zero attached hydrogens (tertiary/aromatic N) is 1. The molecule has 0 unspecified atom stereocenters. The molecule has 0 heterocycles. The minimum Gasteiger partial charge on any atom is -0.492 e. The van der Waals surface area contributed by atoms with Crippen molar-refractivity contribution in [2.24, 2.45) is 0 Å². The second kappa shape index (κ2) is 8.44. The number of hydrogen-bond donors (Lipinski definition) is 1. The predicted molar refractivity (Wildman–Crippen MR) is 86.3 cm³/mol. The van der Waals surface area contributed by atoms with Crippen LogP contribution in [0.3, 0.4) is 0 Å². The second-order valence-corrected chi connectivity index (χ2v) is 4.94. The van der Waals surface area contributed by atoms with E-state index in [1.807, 2.05) is 37.3 Å². The minimum absolute atomic E-state index is 0.0730. The van der Waals surface area contributed by atoms with Crippen LogP contribution in [0, 0.1) is 18.3 Å². The number of amides is 1. The van der Waals surface area contributed by atoms with E-state index in [0.29, 0.717) is 24.5 Å². The van der Waals surface area contributed by atoms with Crippen LogP contribution in [0.1, 0.15) is 11.1 Å². The van der Waals surface area contributed by atoms with E-state index < -0.39 is 0 Å². The quantitative estimate of drug-likeness (QED) is 0.797. The number of ether oxygens (including phenoxy) is 2. The van der Waals surface area contributed by atoms with Crippen LogP contribution >= 0.6 is 0 Å². The molecule has 0 atom stereocenters. The summed E-state index contributed by atoms with van der Waals surface area (Å²) in [5.41, 5.74) is 1.72. The third-order valence-corrected chi connectivity index (χ3v) is 3.07. The summed E-state index contributed by atoms with van der Waals surface area (Å²) in [5, 5.41) is 11.4. The molecule has 5 nitrogen and oxygen atoms in total. The summed E-state index contributed by atoms with van der Waals surface area (Å²) >= 11 is 0. The van der Waals surface area contributed by atoms with Crippen LogP contribution in [0.4, 0.5) is 0 Å². The summed E-state index contributed by atoms with van der Waals surface area (Å²) < 4.78 is 10.8. The Kier molecular flexibility index (Phi) is 6.01. The van der Waals surface area contributed by atoms with E-state index in [0.717, 1.165) is 5.75 Å². The van der Waals surface area contributed by atoms with Gasteiger partial charge in [0.05, 0.1) is 18.2 Å². The van der Waals surface area contributed by atoms with Gasteiger partial charge in [0.2, 0.25) is 0 Å². The highest BCUT2D eigenvalue weighted by atomic mass is 16.5. The normalized spacial score (nSPS) is 9.74. The molecule has 23 heavy (non-hydrogen) atoms. The minimum atomic E-state index is -0.220. The maximum absolute atomic E-state index is 11.7. The Morgan fingerprint density at radius 3 is 2.30 bits per heavy atom. The zero-order valence-electron chi connectivity index (χ0n) is 12.9. The van der Waals surface area contributed by atoms with Gasteiger partial charge in [-0.15, -0.1) is 0 Å². The van der Waals surface area contributed by atoms with Gasteiger partial charge in [-0.2, -0.15) is 5.26 Å². The lowest BCUT2D eigenvalue weighted by atomic mass is 10.2. The summed E-state index contributed by atoms with van der Waals surface area (Å²) in [6.07, 6.45) is 0. The summed E-state index contributed by atoms with van der Waals surface area (Å²) in [4.78, 5) is 11.7. The van der Waals surface area contributed by atoms with E-state index in [1.165, 1.54) is 5.56 Å².